The molecule has 3 heterocycles. The second-order valence-corrected chi connectivity index (χ2v) is 9.22. The molecule has 34 heavy (non-hydrogen) atoms. The molecule has 0 saturated carbocycles. The molecule has 2 amide bonds. The van der Waals surface area contributed by atoms with E-state index in [0.717, 1.165) is 16.4 Å². The summed E-state index contributed by atoms with van der Waals surface area (Å²) >= 11 is 0.796. The average Bonchev–Trinajstić information content (AvgIpc) is 3.40. The Morgan fingerprint density at radius 2 is 2.09 bits per heavy atom. The van der Waals surface area contributed by atoms with Gasteiger partial charge < -0.3 is 33.9 Å². The molecule has 2 unspecified atom stereocenters. The van der Waals surface area contributed by atoms with Crippen molar-refractivity contribution in [1.29, 1.82) is 0 Å². The number of nitrogens with one attached hydrogen (secondary N) is 1. The first-order chi connectivity index (χ1) is 15.1. The Labute approximate surface area is 240 Å². The first kappa shape index (κ1) is 31.4. The molecular formula is C14H17N6Na2O10PS. The molecular weight excluding hydrogens is 521 g/mol. The van der Waals surface area contributed by atoms with E-state index in [9.17, 15) is 33.7 Å². The number of tetrazole rings is 1. The summed E-state index contributed by atoms with van der Waals surface area (Å²) < 4.78 is 22.1. The van der Waals surface area contributed by atoms with E-state index in [-0.39, 0.29) is 89.5 Å². The Morgan fingerprint density at radius 1 is 1.38 bits per heavy atom. The van der Waals surface area contributed by atoms with Gasteiger partial charge in [0, 0.05) is 6.42 Å². The van der Waals surface area contributed by atoms with Crippen molar-refractivity contribution in [2.45, 2.75) is 43.0 Å². The predicted octanol–water partition coefficient (Wildman–Crippen LogP) is -9.64. The van der Waals surface area contributed by atoms with Gasteiger partial charge in [-0.1, -0.05) is 11.8 Å². The second kappa shape index (κ2) is 13.1. The summed E-state index contributed by atoms with van der Waals surface area (Å²) in [7, 11) is -4.22. The van der Waals surface area contributed by atoms with Crippen molar-refractivity contribution >= 4 is 43.1 Å². The quantitative estimate of drug-likeness (QED) is 0.127. The number of hydrogen-bond donors (Lipinski definition) is 1. The number of esters is 1. The minimum Gasteiger partial charge on any atom is -0.777 e. The van der Waals surface area contributed by atoms with Crippen LogP contribution in [0.4, 0.5) is 0 Å². The molecule has 0 radical (unpaired) electrons. The van der Waals surface area contributed by atoms with Crippen LogP contribution in [-0.2, 0) is 44.1 Å². The number of hydrogen-bond acceptors (Lipinski definition) is 14. The summed E-state index contributed by atoms with van der Waals surface area (Å²) in [6.07, 6.45) is -1.24. The van der Waals surface area contributed by atoms with E-state index in [2.05, 4.69) is 25.4 Å². The SMILES string of the molecule is CCOP(=O)([O-])Cn1nnnc1SCC(=O)N[C@H]1CON(C2(C(=O)[O-])CCC(=O)O2)C1=O.[Na+].[Na+]. The van der Waals surface area contributed by atoms with E-state index in [1.165, 1.54) is 6.92 Å². The maximum absolute atomic E-state index is 12.5. The minimum absolute atomic E-state index is 0. The Morgan fingerprint density at radius 3 is 2.68 bits per heavy atom. The molecule has 20 heteroatoms. The summed E-state index contributed by atoms with van der Waals surface area (Å²) in [6.45, 7) is 1.05. The molecule has 0 aliphatic carbocycles. The van der Waals surface area contributed by atoms with E-state index in [4.69, 9.17) is 9.57 Å². The zero-order valence-corrected chi connectivity index (χ0v) is 24.2. The van der Waals surface area contributed by atoms with Gasteiger partial charge in [0.2, 0.25) is 11.1 Å². The molecule has 3 atom stereocenters. The Kier molecular flexibility index (Phi) is 12.1. The summed E-state index contributed by atoms with van der Waals surface area (Å²) in [5.41, 5.74) is -2.39. The van der Waals surface area contributed by atoms with Gasteiger partial charge >= 0.3 is 65.1 Å². The number of carboxylic acids is 1. The van der Waals surface area contributed by atoms with E-state index < -0.39 is 56.0 Å². The van der Waals surface area contributed by atoms with Crippen LogP contribution in [0.5, 0.6) is 0 Å². The smallest absolute Gasteiger partial charge is 0.777 e. The summed E-state index contributed by atoms with van der Waals surface area (Å²) in [4.78, 5) is 64.5. The van der Waals surface area contributed by atoms with Crippen molar-refractivity contribution in [3.63, 3.8) is 0 Å². The minimum atomic E-state index is -4.22. The topological polar surface area (TPSA) is 218 Å². The van der Waals surface area contributed by atoms with Crippen molar-refractivity contribution in [3.8, 4) is 0 Å². The van der Waals surface area contributed by atoms with Gasteiger partial charge in [-0.3, -0.25) is 19.2 Å². The van der Waals surface area contributed by atoms with Crippen LogP contribution in [0.15, 0.2) is 5.16 Å². The summed E-state index contributed by atoms with van der Waals surface area (Å²) in [6, 6.07) is -1.24. The molecule has 0 bridgehead atoms. The number of carbonyl (C=O) groups is 4. The summed E-state index contributed by atoms with van der Waals surface area (Å²) in [5, 5.41) is 24.8. The number of ether oxygens (including phenoxy) is 1. The summed E-state index contributed by atoms with van der Waals surface area (Å²) in [5.74, 6) is -4.57. The van der Waals surface area contributed by atoms with Gasteiger partial charge in [-0.25, -0.2) is 4.68 Å². The van der Waals surface area contributed by atoms with E-state index >= 15 is 0 Å². The van der Waals surface area contributed by atoms with E-state index in [0.29, 0.717) is 5.06 Å². The van der Waals surface area contributed by atoms with Crippen LogP contribution < -0.4 is 74.4 Å². The number of nitrogens with zero attached hydrogens (tertiary/aromatic N) is 5. The maximum Gasteiger partial charge on any atom is 1.00 e. The van der Waals surface area contributed by atoms with Crippen molar-refractivity contribution in [1.82, 2.24) is 30.6 Å². The molecule has 1 aromatic rings. The van der Waals surface area contributed by atoms with Crippen molar-refractivity contribution in [2.75, 3.05) is 19.0 Å². The molecule has 1 N–H and O–H groups in total. The Hall–Kier alpha value is -0.590. The first-order valence-corrected chi connectivity index (χ1v) is 11.8. The number of hydroxylamine groups is 2. The molecule has 1 aromatic heterocycles. The zero-order valence-electron chi connectivity index (χ0n) is 18.5. The van der Waals surface area contributed by atoms with Gasteiger partial charge in [0.05, 0.1) is 18.8 Å². The molecule has 2 saturated heterocycles. The van der Waals surface area contributed by atoms with Crippen LogP contribution in [0.1, 0.15) is 19.8 Å². The average molecular weight is 538 g/mol. The molecule has 2 aliphatic rings. The Bertz CT molecular complexity index is 985. The zero-order chi connectivity index (χ0) is 23.5. The van der Waals surface area contributed by atoms with Crippen LogP contribution in [-0.4, -0.2) is 79.8 Å². The van der Waals surface area contributed by atoms with Gasteiger partial charge in [0.1, 0.15) is 24.9 Å². The predicted molar refractivity (Wildman–Crippen MR) is 95.6 cm³/mol. The van der Waals surface area contributed by atoms with E-state index in [1.807, 2.05) is 0 Å². The number of cyclic esters (lactones) is 1. The molecule has 3 rings (SSSR count). The molecule has 2 aliphatic heterocycles. The number of aromatic nitrogens is 4. The molecule has 2 fully saturated rings. The fourth-order valence-corrected chi connectivity index (χ4v) is 4.68. The van der Waals surface area contributed by atoms with E-state index in [1.54, 1.807) is 0 Å². The third-order valence-corrected chi connectivity index (χ3v) is 6.49. The van der Waals surface area contributed by atoms with Gasteiger partial charge in [0.15, 0.2) is 7.60 Å². The molecule has 16 nitrogen and oxygen atoms in total. The maximum atomic E-state index is 12.5. The van der Waals surface area contributed by atoms with Crippen LogP contribution in [0.3, 0.4) is 0 Å². The number of amides is 2. The Balaban J connectivity index is 0.00000289. The first-order valence-electron chi connectivity index (χ1n) is 9.11. The van der Waals surface area contributed by atoms with Crippen LogP contribution in [0, 0.1) is 0 Å². The largest absolute Gasteiger partial charge is 1.00 e. The monoisotopic (exact) mass is 538 g/mol. The van der Waals surface area contributed by atoms with Gasteiger partial charge in [0.25, 0.3) is 11.6 Å². The van der Waals surface area contributed by atoms with Crippen molar-refractivity contribution in [2.24, 2.45) is 0 Å². The number of carboxylic acid groups (broad SMARTS) is 1. The van der Waals surface area contributed by atoms with Crippen LogP contribution in [0.2, 0.25) is 0 Å². The fraction of sp³-hybridized carbons (Fsp3) is 0.643. The number of thioether (sulfide) groups is 1. The normalized spacial score (nSPS) is 23.5. The van der Waals surface area contributed by atoms with Crippen LogP contribution >= 0.6 is 19.4 Å². The van der Waals surface area contributed by atoms with Gasteiger partial charge in [-0.2, -0.15) is 5.06 Å². The molecule has 176 valence electrons. The second-order valence-electron chi connectivity index (χ2n) is 6.51. The standard InChI is InChI=1S/C14H19N6O10PS.2Na/c1-2-29-31(26,27)7-19-13(16-17-18-19)32-6-9(21)15-8-5-28-20(11(8)23)14(12(24)25)4-3-10(22)30-14;;/h8H,2-7H2,1H3,(H,15,21)(H,24,25)(H,26,27);;/q;2*+1/p-2/t8-,14?;;/m0../s1. The van der Waals surface area contributed by atoms with Gasteiger partial charge in [-0.05, 0) is 17.4 Å². The van der Waals surface area contributed by atoms with Crippen molar-refractivity contribution < 1.29 is 107 Å². The van der Waals surface area contributed by atoms with Crippen LogP contribution in [0.25, 0.3) is 0 Å². The number of rotatable bonds is 10. The third kappa shape index (κ3) is 7.22. The molecule has 0 aromatic carbocycles. The number of carbonyl (C=O) groups excluding carboxylic acids is 4. The third-order valence-electron chi connectivity index (χ3n) is 4.27. The van der Waals surface area contributed by atoms with Crippen molar-refractivity contribution in [3.05, 3.63) is 0 Å². The number of aliphatic carboxylic acids is 1. The molecule has 0 spiro atoms. The van der Waals surface area contributed by atoms with Gasteiger partial charge in [-0.15, -0.1) is 5.10 Å². The fourth-order valence-electron chi connectivity index (χ4n) is 2.90.